The van der Waals surface area contributed by atoms with Gasteiger partial charge in [0.2, 0.25) is 17.7 Å². The number of aryl methyl sites for hydroxylation is 1. The first-order valence-electron chi connectivity index (χ1n) is 15.3. The minimum Gasteiger partial charge on any atom is -0.342 e. The van der Waals surface area contributed by atoms with E-state index < -0.39 is 0 Å². The van der Waals surface area contributed by atoms with Crippen molar-refractivity contribution in [2.45, 2.75) is 72.3 Å². The number of nitrogens with zero attached hydrogens (tertiary/aromatic N) is 5. The van der Waals surface area contributed by atoms with Gasteiger partial charge in [0.1, 0.15) is 0 Å². The molecule has 3 amide bonds. The van der Waals surface area contributed by atoms with Gasteiger partial charge in [-0.1, -0.05) is 38.1 Å². The normalized spacial score (nSPS) is 19.0. The Balaban J connectivity index is 1.49. The van der Waals surface area contributed by atoms with Crippen molar-refractivity contribution in [2.75, 3.05) is 50.7 Å². The lowest BCUT2D eigenvalue weighted by molar-refractivity contribution is -0.132. The molecule has 1 aromatic heterocycles. The zero-order chi connectivity index (χ0) is 29.4. The lowest BCUT2D eigenvalue weighted by Crippen LogP contribution is -2.40. The number of amides is 3. The molecule has 0 N–H and O–H groups in total. The highest BCUT2D eigenvalue weighted by molar-refractivity contribution is 5.92. The molecule has 2 aromatic rings. The van der Waals surface area contributed by atoms with Crippen LogP contribution in [0, 0.1) is 5.92 Å². The zero-order valence-corrected chi connectivity index (χ0v) is 25.3. The fourth-order valence-corrected chi connectivity index (χ4v) is 6.14. The Morgan fingerprint density at radius 3 is 2.44 bits per heavy atom. The number of piperidine rings is 1. The Labute approximate surface area is 245 Å². The summed E-state index contributed by atoms with van der Waals surface area (Å²) in [7, 11) is 0. The number of pyridine rings is 1. The van der Waals surface area contributed by atoms with E-state index in [0.717, 1.165) is 68.1 Å². The second-order valence-corrected chi connectivity index (χ2v) is 12.0. The van der Waals surface area contributed by atoms with E-state index in [1.54, 1.807) is 13.8 Å². The van der Waals surface area contributed by atoms with E-state index in [1.165, 1.54) is 0 Å². The van der Waals surface area contributed by atoms with Crippen LogP contribution in [-0.4, -0.2) is 83.2 Å². The zero-order valence-electron chi connectivity index (χ0n) is 25.3. The van der Waals surface area contributed by atoms with Crippen LogP contribution in [0.25, 0.3) is 0 Å². The summed E-state index contributed by atoms with van der Waals surface area (Å²) in [5.74, 6) is 1.01. The molecule has 2 aliphatic rings. The fourth-order valence-electron chi connectivity index (χ4n) is 6.14. The molecular weight excluding hydrogens is 514 g/mol. The number of benzene rings is 1. The number of aromatic nitrogens is 1. The second kappa shape index (κ2) is 14.6. The second-order valence-electron chi connectivity index (χ2n) is 12.0. The summed E-state index contributed by atoms with van der Waals surface area (Å²) in [5, 5.41) is 0. The van der Waals surface area contributed by atoms with Gasteiger partial charge in [-0.05, 0) is 61.9 Å². The van der Waals surface area contributed by atoms with Gasteiger partial charge in [0, 0.05) is 89.1 Å². The van der Waals surface area contributed by atoms with E-state index in [9.17, 15) is 14.4 Å². The lowest BCUT2D eigenvalue weighted by atomic mass is 9.94. The van der Waals surface area contributed by atoms with Crippen molar-refractivity contribution >= 4 is 23.4 Å². The Kier molecular flexibility index (Phi) is 10.9. The fraction of sp³-hybridized carbons (Fsp3) is 0.576. The highest BCUT2D eigenvalue weighted by Gasteiger charge is 2.25. The summed E-state index contributed by atoms with van der Waals surface area (Å²) in [6.45, 7) is 13.7. The molecule has 2 aliphatic heterocycles. The van der Waals surface area contributed by atoms with Gasteiger partial charge in [0.25, 0.3) is 0 Å². The average Bonchev–Trinajstić information content (AvgIpc) is 2.99. The molecule has 1 saturated heterocycles. The number of carbonyl (C=O) groups excluding carboxylic acids is 3. The number of hydrogen-bond donors (Lipinski definition) is 0. The third-order valence-electron chi connectivity index (χ3n) is 8.25. The molecule has 4 rings (SSSR count). The molecule has 0 spiro atoms. The topological polar surface area (TPSA) is 77.1 Å². The molecule has 8 nitrogen and oxygen atoms in total. The van der Waals surface area contributed by atoms with Gasteiger partial charge < -0.3 is 19.6 Å². The van der Waals surface area contributed by atoms with Crippen molar-refractivity contribution < 1.29 is 14.4 Å². The maximum Gasteiger partial charge on any atom is 0.223 e. The Morgan fingerprint density at radius 1 is 0.878 bits per heavy atom. The molecule has 0 aliphatic carbocycles. The highest BCUT2D eigenvalue weighted by atomic mass is 16.2. The van der Waals surface area contributed by atoms with E-state index in [1.807, 2.05) is 51.1 Å². The monoisotopic (exact) mass is 561 g/mol. The molecule has 0 saturated carbocycles. The van der Waals surface area contributed by atoms with Crippen molar-refractivity contribution in [2.24, 2.45) is 5.92 Å². The van der Waals surface area contributed by atoms with Crippen LogP contribution in [0.1, 0.15) is 76.2 Å². The summed E-state index contributed by atoms with van der Waals surface area (Å²) in [6.07, 6.45) is 3.85. The van der Waals surface area contributed by atoms with Gasteiger partial charge in [-0.15, -0.1) is 0 Å². The van der Waals surface area contributed by atoms with Crippen LogP contribution in [0.3, 0.4) is 0 Å². The molecule has 3 heterocycles. The van der Waals surface area contributed by atoms with E-state index >= 15 is 0 Å². The van der Waals surface area contributed by atoms with Crippen LogP contribution in [0.2, 0.25) is 0 Å². The molecule has 1 unspecified atom stereocenters. The smallest absolute Gasteiger partial charge is 0.223 e. The molecule has 41 heavy (non-hydrogen) atoms. The van der Waals surface area contributed by atoms with E-state index in [4.69, 9.17) is 4.98 Å². The van der Waals surface area contributed by atoms with E-state index in [0.29, 0.717) is 44.9 Å². The molecule has 0 radical (unpaired) electrons. The third kappa shape index (κ3) is 8.62. The average molecular weight is 562 g/mol. The van der Waals surface area contributed by atoms with Crippen LogP contribution >= 0.6 is 0 Å². The minimum atomic E-state index is 0.0281. The first kappa shape index (κ1) is 30.7. The maximum atomic E-state index is 13.7. The predicted molar refractivity (Wildman–Crippen MR) is 163 cm³/mol. The van der Waals surface area contributed by atoms with E-state index in [2.05, 4.69) is 24.8 Å². The van der Waals surface area contributed by atoms with Crippen LogP contribution in [0.4, 0.5) is 5.69 Å². The van der Waals surface area contributed by atoms with Gasteiger partial charge in [-0.3, -0.25) is 19.4 Å². The molecule has 222 valence electrons. The van der Waals surface area contributed by atoms with Crippen LogP contribution in [0.5, 0.6) is 0 Å². The molecule has 8 heteroatoms. The largest absolute Gasteiger partial charge is 0.342 e. The van der Waals surface area contributed by atoms with Crippen molar-refractivity contribution in [3.8, 4) is 0 Å². The Bertz CT molecular complexity index is 1200. The molecule has 1 fully saturated rings. The predicted octanol–water partition coefficient (Wildman–Crippen LogP) is 4.48. The summed E-state index contributed by atoms with van der Waals surface area (Å²) >= 11 is 0. The third-order valence-corrected chi connectivity index (χ3v) is 8.25. The van der Waals surface area contributed by atoms with Crippen molar-refractivity contribution in [1.82, 2.24) is 19.7 Å². The van der Waals surface area contributed by atoms with E-state index in [-0.39, 0.29) is 23.6 Å². The number of rotatable bonds is 6. The quantitative estimate of drug-likeness (QED) is 0.520. The van der Waals surface area contributed by atoms with Crippen LogP contribution in [-0.2, 0) is 27.3 Å². The van der Waals surface area contributed by atoms with Gasteiger partial charge in [-0.25, -0.2) is 0 Å². The van der Waals surface area contributed by atoms with Crippen LogP contribution in [0.15, 0.2) is 42.5 Å². The summed E-state index contributed by atoms with van der Waals surface area (Å²) in [5.41, 5.74) is 3.83. The number of fused-ring (bicyclic) bond motifs is 1. The summed E-state index contributed by atoms with van der Waals surface area (Å²) < 4.78 is 0. The highest BCUT2D eigenvalue weighted by Crippen LogP contribution is 2.27. The minimum absolute atomic E-state index is 0.0281. The van der Waals surface area contributed by atoms with Crippen molar-refractivity contribution in [3.63, 3.8) is 0 Å². The Morgan fingerprint density at radius 2 is 1.68 bits per heavy atom. The molecular formula is C33H47N5O3. The summed E-state index contributed by atoms with van der Waals surface area (Å²) in [4.78, 5) is 51.4. The number of hydrogen-bond acceptors (Lipinski definition) is 5. The maximum absolute atomic E-state index is 13.7. The van der Waals surface area contributed by atoms with Gasteiger partial charge >= 0.3 is 0 Å². The van der Waals surface area contributed by atoms with Crippen LogP contribution < -0.4 is 4.90 Å². The molecule has 0 bridgehead atoms. The SMILES string of the molecule is CC(=O)N1CCCC(c2cccc(CCC(=O)N3CCN(CC(C)C)CCCN(C(C)=O)c4ccccc4C3)n2)C1. The van der Waals surface area contributed by atoms with Crippen molar-refractivity contribution in [3.05, 3.63) is 59.4 Å². The molecule has 1 aromatic carbocycles. The first-order chi connectivity index (χ1) is 19.7. The first-order valence-corrected chi connectivity index (χ1v) is 15.3. The van der Waals surface area contributed by atoms with Gasteiger partial charge in [0.15, 0.2) is 0 Å². The number of carbonyl (C=O) groups is 3. The Hall–Kier alpha value is -3.26. The number of para-hydroxylation sites is 1. The standard InChI is InChI=1S/C33H47N5O3/c1-25(2)22-35-17-9-19-38(27(4)40)32-14-6-5-10-29(32)24-37(21-20-35)33(41)16-15-30-12-7-13-31(34-30)28-11-8-18-36(23-28)26(3)39/h5-7,10,12-14,25,28H,8-9,11,15-24H2,1-4H3. The van der Waals surface area contributed by atoms with Gasteiger partial charge in [-0.2, -0.15) is 0 Å². The number of anilines is 1. The number of likely N-dealkylation sites (tertiary alicyclic amines) is 1. The summed E-state index contributed by atoms with van der Waals surface area (Å²) in [6, 6.07) is 14.1. The van der Waals surface area contributed by atoms with Gasteiger partial charge in [0.05, 0.1) is 0 Å². The molecule has 1 atom stereocenters. The van der Waals surface area contributed by atoms with Crippen molar-refractivity contribution in [1.29, 1.82) is 0 Å². The lowest BCUT2D eigenvalue weighted by Gasteiger charge is -2.32.